The van der Waals surface area contributed by atoms with Crippen molar-refractivity contribution in [2.24, 2.45) is 0 Å². The minimum atomic E-state index is -4.86. The summed E-state index contributed by atoms with van der Waals surface area (Å²) < 4.78 is 186. The quantitative estimate of drug-likeness (QED) is 0.0477. The summed E-state index contributed by atoms with van der Waals surface area (Å²) in [6.45, 7) is 1.27. The van der Waals surface area contributed by atoms with Crippen LogP contribution in [-0.4, -0.2) is 132 Å². The van der Waals surface area contributed by atoms with Crippen LogP contribution in [0.25, 0.3) is 0 Å². The molecule has 23 nitrogen and oxygen atoms in total. The predicted molar refractivity (Wildman–Crippen MR) is 348 cm³/mol. The van der Waals surface area contributed by atoms with Crippen LogP contribution in [0, 0.1) is 10.1 Å². The van der Waals surface area contributed by atoms with Crippen molar-refractivity contribution in [2.75, 3.05) is 61.1 Å². The summed E-state index contributed by atoms with van der Waals surface area (Å²) in [4.78, 5) is 51.5. The monoisotopic (exact) mass is 1650 g/mol. The molecule has 6 aromatic rings. The molecule has 96 heavy (non-hydrogen) atoms. The lowest BCUT2D eigenvalue weighted by atomic mass is 10.0. The molecule has 6 aliphatic heterocycles. The van der Waals surface area contributed by atoms with E-state index in [1.165, 1.54) is 20.6 Å². The lowest BCUT2D eigenvalue weighted by Gasteiger charge is -2.39. The van der Waals surface area contributed by atoms with E-state index in [1.807, 2.05) is 42.5 Å². The van der Waals surface area contributed by atoms with Gasteiger partial charge in [-0.15, -0.1) is 13.2 Å². The van der Waals surface area contributed by atoms with Gasteiger partial charge in [0.05, 0.1) is 39.6 Å². The summed E-state index contributed by atoms with van der Waals surface area (Å²) in [5.74, 6) is -0.191. The molecule has 0 bridgehead atoms. The Labute approximate surface area is 579 Å². The largest absolute Gasteiger partial charge is 0.573 e. The lowest BCUT2D eigenvalue weighted by molar-refractivity contribution is -0.388. The lowest BCUT2D eigenvalue weighted by Crippen LogP contribution is -2.50. The number of sulfonamides is 3. The number of methoxy groups -OCH3 is 1. The molecule has 514 valence electrons. The van der Waals surface area contributed by atoms with Gasteiger partial charge in [0.2, 0.25) is 30.1 Å². The fourth-order valence-electron chi connectivity index (χ4n) is 11.8. The number of halogens is 10. The summed E-state index contributed by atoms with van der Waals surface area (Å²) in [5, 5.41) is 11.4. The molecule has 0 N–H and O–H groups in total. The number of anilines is 3. The highest BCUT2D eigenvalue weighted by atomic mass is 79.9. The highest BCUT2D eigenvalue weighted by Crippen LogP contribution is 2.41. The Morgan fingerprint density at radius 2 is 0.854 bits per heavy atom. The average Bonchev–Trinajstić information content (AvgIpc) is 0.883. The van der Waals surface area contributed by atoms with Crippen molar-refractivity contribution in [3.63, 3.8) is 0 Å². The fourth-order valence-corrected chi connectivity index (χ4v) is 18.3. The Morgan fingerprint density at radius 1 is 0.490 bits per heavy atom. The number of benzene rings is 6. The van der Waals surface area contributed by atoms with E-state index in [-0.39, 0.29) is 98.9 Å². The van der Waals surface area contributed by atoms with E-state index in [9.17, 15) is 76.1 Å². The molecule has 0 aromatic heterocycles. The average molecular weight is 1660 g/mol. The van der Waals surface area contributed by atoms with E-state index >= 15 is 0 Å². The summed E-state index contributed by atoms with van der Waals surface area (Å²) in [6, 6.07) is 26.2. The van der Waals surface area contributed by atoms with Gasteiger partial charge in [-0.1, -0.05) is 63.7 Å². The number of amides is 3. The molecular formula is C60H55Br4F6N7O16S3. The van der Waals surface area contributed by atoms with E-state index in [2.05, 4.69) is 68.5 Å². The van der Waals surface area contributed by atoms with E-state index < -0.39 is 81.6 Å². The van der Waals surface area contributed by atoms with Crippen molar-refractivity contribution in [1.82, 2.24) is 12.9 Å². The number of fused-ring (bicyclic) bond motifs is 3. The zero-order valence-electron chi connectivity index (χ0n) is 50.0. The third-order valence-electron chi connectivity index (χ3n) is 16.5. The molecule has 0 spiro atoms. The zero-order chi connectivity index (χ0) is 69.4. The van der Waals surface area contributed by atoms with Gasteiger partial charge in [0.1, 0.15) is 36.2 Å². The maximum atomic E-state index is 13.2. The number of carbonyl (C=O) groups is 3. The fraction of sp³-hybridized carbons (Fsp3) is 0.350. The van der Waals surface area contributed by atoms with Crippen LogP contribution in [0.1, 0.15) is 60.8 Å². The maximum Gasteiger partial charge on any atom is 0.573 e. The van der Waals surface area contributed by atoms with Crippen LogP contribution in [0.15, 0.2) is 148 Å². The first kappa shape index (κ1) is 72.1. The Hall–Kier alpha value is -6.64. The number of cyclic esters (lactones) is 3. The third-order valence-corrected chi connectivity index (χ3v) is 24.2. The van der Waals surface area contributed by atoms with Crippen molar-refractivity contribution in [1.29, 1.82) is 0 Å². The van der Waals surface area contributed by atoms with Gasteiger partial charge in [-0.2, -0.15) is 26.1 Å². The predicted octanol–water partition coefficient (Wildman–Crippen LogP) is 13.9. The van der Waals surface area contributed by atoms with E-state index in [0.717, 1.165) is 70.1 Å². The maximum absolute atomic E-state index is 13.2. The van der Waals surface area contributed by atoms with Crippen LogP contribution in [0.4, 0.5) is 63.5 Å². The first-order valence-electron chi connectivity index (χ1n) is 29.0. The van der Waals surface area contributed by atoms with Crippen molar-refractivity contribution >= 4 is 135 Å². The standard InChI is InChI=1S/C20H20Br2N2O5S.C20H17BrF3N3O6S.C20H18BrF3N2O5S/c1-28-18-5-3-15(22)11-19(18)30(26,27)23-8-6-16(7-9-23)24-17-4-2-14(21)10-13(17)12-29-20(24)25;21-14-2-3-16-12(9-14)11-33-19(28)26(16)15-5-7-25(8-6-15)34(31,32)18-4-1-13(20(22,23)24)10-17(18)27(29)30;21-14-1-6-18-13(11-14)12-30-19(27)26(18)15-7-9-25(10-8-15)32(28,29)17-4-2-16(3-5-17)31-20(22,23)24/h2-5,10-11,16H,6-9,12H2,1H3;1-4,9-10,15H,5-8,11H2;1-6,11,15H,7-10,12H2. The topological polar surface area (TPSA) is 262 Å². The van der Waals surface area contributed by atoms with Crippen LogP contribution < -0.4 is 24.2 Å². The molecule has 36 heteroatoms. The number of hydrogen-bond acceptors (Lipinski definition) is 16. The molecule has 3 saturated heterocycles. The van der Waals surface area contributed by atoms with Crippen LogP contribution in [-0.2, 0) is 70.3 Å². The molecule has 6 heterocycles. The number of hydrogen-bond donors (Lipinski definition) is 0. The number of piperidine rings is 3. The van der Waals surface area contributed by atoms with Gasteiger partial charge in [0.15, 0.2) is 4.90 Å². The molecule has 6 aliphatic rings. The Balaban J connectivity index is 0.000000157. The molecule has 0 unspecified atom stereocenters. The second-order valence-electron chi connectivity index (χ2n) is 22.3. The first-order chi connectivity index (χ1) is 45.2. The van der Waals surface area contributed by atoms with Gasteiger partial charge in [-0.05, 0) is 148 Å². The Kier molecular flexibility index (Phi) is 21.8. The van der Waals surface area contributed by atoms with E-state index in [0.29, 0.717) is 66.8 Å². The van der Waals surface area contributed by atoms with Gasteiger partial charge in [0, 0.05) is 98.0 Å². The Bertz CT molecular complexity index is 4330. The number of carbonyl (C=O) groups excluding carboxylic acids is 3. The molecule has 3 amide bonds. The second kappa shape index (κ2) is 29.0. The van der Waals surface area contributed by atoms with Gasteiger partial charge in [0.25, 0.3) is 5.69 Å². The summed E-state index contributed by atoms with van der Waals surface area (Å²) in [7, 11) is -10.6. The minimum absolute atomic E-state index is 0.0825. The van der Waals surface area contributed by atoms with E-state index in [1.54, 1.807) is 40.1 Å². The molecule has 0 radical (unpaired) electrons. The molecule has 0 aliphatic carbocycles. The number of alkyl halides is 6. The number of nitrogens with zero attached hydrogens (tertiary/aromatic N) is 7. The Morgan fingerprint density at radius 3 is 1.22 bits per heavy atom. The van der Waals surface area contributed by atoms with Gasteiger partial charge < -0.3 is 23.7 Å². The van der Waals surface area contributed by atoms with Crippen molar-refractivity contribution < 1.29 is 94.6 Å². The zero-order valence-corrected chi connectivity index (χ0v) is 58.8. The highest BCUT2D eigenvalue weighted by molar-refractivity contribution is 9.11. The summed E-state index contributed by atoms with van der Waals surface area (Å²) in [5.41, 5.74) is 2.33. The molecule has 0 atom stereocenters. The second-order valence-corrected chi connectivity index (χ2v) is 31.7. The van der Waals surface area contributed by atoms with Gasteiger partial charge in [-0.25, -0.2) is 39.6 Å². The van der Waals surface area contributed by atoms with Crippen molar-refractivity contribution in [3.05, 3.63) is 166 Å². The first-order valence-corrected chi connectivity index (χ1v) is 36.5. The number of nitro groups is 1. The molecule has 3 fully saturated rings. The molecule has 12 rings (SSSR count). The van der Waals surface area contributed by atoms with Crippen molar-refractivity contribution in [3.8, 4) is 11.5 Å². The van der Waals surface area contributed by atoms with Crippen LogP contribution in [0.3, 0.4) is 0 Å². The SMILES string of the molecule is COc1ccc(Br)cc1S(=O)(=O)N1CCC(N2C(=O)OCc3cc(Br)ccc32)CC1.O=C1OCc2cc(Br)ccc2N1C1CCN(S(=O)(=O)c2ccc(C(F)(F)F)cc2[N+](=O)[O-])CC1.O=C1OCc2cc(Br)ccc2N1C1CCN(S(=O)(=O)c2ccc(OC(F)(F)F)cc2)CC1. The third kappa shape index (κ3) is 15.9. The molecular weight excluding hydrogens is 1600 g/mol. The summed E-state index contributed by atoms with van der Waals surface area (Å²) in [6.07, 6.45) is -8.92. The minimum Gasteiger partial charge on any atom is -0.495 e. The number of ether oxygens (including phenoxy) is 5. The highest BCUT2D eigenvalue weighted by Gasteiger charge is 2.43. The molecule has 6 aromatic carbocycles. The van der Waals surface area contributed by atoms with Crippen molar-refractivity contribution in [2.45, 2.75) is 104 Å². The number of rotatable bonds is 12. The van der Waals surface area contributed by atoms with E-state index in [4.69, 9.17) is 18.9 Å². The van der Waals surface area contributed by atoms with Gasteiger partial charge in [-0.3, -0.25) is 24.8 Å². The van der Waals surface area contributed by atoms with Crippen LogP contribution in [0.2, 0.25) is 0 Å². The normalized spacial score (nSPS) is 18.1. The number of nitro benzene ring substituents is 1. The smallest absolute Gasteiger partial charge is 0.495 e. The van der Waals surface area contributed by atoms with Crippen LogP contribution in [0.5, 0.6) is 11.5 Å². The van der Waals surface area contributed by atoms with Crippen LogP contribution >= 0.6 is 63.7 Å². The van der Waals surface area contributed by atoms with Gasteiger partial charge >= 0.3 is 30.8 Å². The molecule has 0 saturated carbocycles. The summed E-state index contributed by atoms with van der Waals surface area (Å²) >= 11 is 13.5.